The number of aryl methyl sites for hydroxylation is 4. The standard InChI is InChI=1S/C28H27IN2O3/c1-17-6-9-25(20(4)10-17)31-28(32)23(15-30)12-22-13-24(29)27(26(14-22)33-5)34-16-21-8-7-18(2)19(3)11-21/h6-14H,16H2,1-5H3,(H,31,32)/b23-12+. The highest BCUT2D eigenvalue weighted by Crippen LogP contribution is 2.35. The number of ether oxygens (including phenoxy) is 2. The second-order valence-electron chi connectivity index (χ2n) is 8.18. The van der Waals surface area contributed by atoms with Crippen LogP contribution in [-0.4, -0.2) is 13.0 Å². The van der Waals surface area contributed by atoms with E-state index < -0.39 is 5.91 Å². The minimum absolute atomic E-state index is 0.00151. The Morgan fingerprint density at radius 3 is 2.44 bits per heavy atom. The van der Waals surface area contributed by atoms with Crippen LogP contribution >= 0.6 is 22.6 Å². The van der Waals surface area contributed by atoms with Crippen LogP contribution in [0, 0.1) is 42.6 Å². The van der Waals surface area contributed by atoms with Crippen LogP contribution in [0.3, 0.4) is 0 Å². The lowest BCUT2D eigenvalue weighted by Crippen LogP contribution is -2.14. The van der Waals surface area contributed by atoms with E-state index in [0.29, 0.717) is 29.4 Å². The molecule has 0 saturated carbocycles. The van der Waals surface area contributed by atoms with E-state index in [1.807, 2.05) is 50.2 Å². The van der Waals surface area contributed by atoms with Gasteiger partial charge in [0.1, 0.15) is 18.2 Å². The number of anilines is 1. The second-order valence-corrected chi connectivity index (χ2v) is 9.35. The van der Waals surface area contributed by atoms with Crippen molar-refractivity contribution in [1.29, 1.82) is 5.26 Å². The van der Waals surface area contributed by atoms with E-state index in [-0.39, 0.29) is 5.57 Å². The van der Waals surface area contributed by atoms with Crippen molar-refractivity contribution < 1.29 is 14.3 Å². The molecule has 34 heavy (non-hydrogen) atoms. The van der Waals surface area contributed by atoms with Gasteiger partial charge >= 0.3 is 0 Å². The lowest BCUT2D eigenvalue weighted by atomic mass is 10.1. The third-order valence-electron chi connectivity index (χ3n) is 5.51. The summed E-state index contributed by atoms with van der Waals surface area (Å²) in [4.78, 5) is 12.7. The molecule has 0 spiro atoms. The third kappa shape index (κ3) is 6.17. The van der Waals surface area contributed by atoms with Crippen molar-refractivity contribution in [2.24, 2.45) is 0 Å². The highest BCUT2D eigenvalue weighted by molar-refractivity contribution is 14.1. The van der Waals surface area contributed by atoms with Crippen molar-refractivity contribution in [1.82, 2.24) is 0 Å². The SMILES string of the molecule is COc1cc(/C=C(\C#N)C(=O)Nc2ccc(C)cc2C)cc(I)c1OCc1ccc(C)c(C)c1. The summed E-state index contributed by atoms with van der Waals surface area (Å²) in [5, 5.41) is 12.4. The Morgan fingerprint density at radius 2 is 1.79 bits per heavy atom. The molecule has 0 aliphatic carbocycles. The topological polar surface area (TPSA) is 71.3 Å². The number of halogens is 1. The van der Waals surface area contributed by atoms with E-state index >= 15 is 0 Å². The first-order valence-electron chi connectivity index (χ1n) is 10.8. The van der Waals surface area contributed by atoms with Crippen molar-refractivity contribution in [2.75, 3.05) is 12.4 Å². The molecule has 0 aliphatic rings. The van der Waals surface area contributed by atoms with Crippen molar-refractivity contribution in [3.8, 4) is 17.6 Å². The van der Waals surface area contributed by atoms with E-state index in [4.69, 9.17) is 9.47 Å². The van der Waals surface area contributed by atoms with Gasteiger partial charge in [0.15, 0.2) is 11.5 Å². The molecule has 0 fully saturated rings. The van der Waals surface area contributed by atoms with Gasteiger partial charge in [-0.1, -0.05) is 35.9 Å². The summed E-state index contributed by atoms with van der Waals surface area (Å²) in [5.74, 6) is 0.698. The number of carbonyl (C=O) groups is 1. The smallest absolute Gasteiger partial charge is 0.266 e. The van der Waals surface area contributed by atoms with E-state index in [0.717, 1.165) is 20.3 Å². The van der Waals surface area contributed by atoms with Crippen LogP contribution in [0.2, 0.25) is 0 Å². The molecular formula is C28H27IN2O3. The first kappa shape index (κ1) is 25.3. The molecule has 0 saturated heterocycles. The summed E-state index contributed by atoms with van der Waals surface area (Å²) < 4.78 is 12.5. The molecular weight excluding hydrogens is 539 g/mol. The van der Waals surface area contributed by atoms with Gasteiger partial charge in [-0.3, -0.25) is 4.79 Å². The Bertz CT molecular complexity index is 1310. The Labute approximate surface area is 214 Å². The summed E-state index contributed by atoms with van der Waals surface area (Å²) in [5.41, 5.74) is 6.92. The first-order chi connectivity index (χ1) is 16.2. The van der Waals surface area contributed by atoms with E-state index in [1.165, 1.54) is 11.1 Å². The number of amides is 1. The van der Waals surface area contributed by atoms with Crippen LogP contribution < -0.4 is 14.8 Å². The summed E-state index contributed by atoms with van der Waals surface area (Å²) >= 11 is 2.17. The molecule has 6 heteroatoms. The molecule has 1 amide bonds. The van der Waals surface area contributed by atoms with Gasteiger partial charge in [0, 0.05) is 5.69 Å². The molecule has 3 rings (SSSR count). The lowest BCUT2D eigenvalue weighted by molar-refractivity contribution is -0.112. The molecule has 0 unspecified atom stereocenters. The molecule has 0 bridgehead atoms. The fourth-order valence-corrected chi connectivity index (χ4v) is 4.25. The van der Waals surface area contributed by atoms with E-state index in [1.54, 1.807) is 19.3 Å². The van der Waals surface area contributed by atoms with Gasteiger partial charge in [-0.05, 0) is 102 Å². The molecule has 0 aliphatic heterocycles. The maximum atomic E-state index is 12.7. The van der Waals surface area contributed by atoms with Crippen LogP contribution in [0.15, 0.2) is 54.1 Å². The molecule has 0 radical (unpaired) electrons. The average Bonchev–Trinajstić information content (AvgIpc) is 2.80. The van der Waals surface area contributed by atoms with Crippen LogP contribution in [0.25, 0.3) is 6.08 Å². The third-order valence-corrected chi connectivity index (χ3v) is 6.31. The molecule has 0 atom stereocenters. The number of hydrogen-bond acceptors (Lipinski definition) is 4. The predicted octanol–water partition coefficient (Wildman–Crippen LogP) is 6.66. The van der Waals surface area contributed by atoms with Crippen molar-refractivity contribution in [3.05, 3.63) is 91.1 Å². The molecule has 1 N–H and O–H groups in total. The van der Waals surface area contributed by atoms with Gasteiger partial charge < -0.3 is 14.8 Å². The number of nitriles is 1. The number of nitrogens with zero attached hydrogens (tertiary/aromatic N) is 1. The summed E-state index contributed by atoms with van der Waals surface area (Å²) in [6.45, 7) is 8.47. The van der Waals surface area contributed by atoms with Crippen LogP contribution in [0.1, 0.15) is 33.4 Å². The second kappa shape index (κ2) is 11.2. The molecule has 5 nitrogen and oxygen atoms in total. The van der Waals surface area contributed by atoms with Crippen LogP contribution in [0.5, 0.6) is 11.5 Å². The number of benzene rings is 3. The minimum atomic E-state index is -0.460. The average molecular weight is 566 g/mol. The normalized spacial score (nSPS) is 11.0. The maximum Gasteiger partial charge on any atom is 0.266 e. The van der Waals surface area contributed by atoms with E-state index in [9.17, 15) is 10.1 Å². The minimum Gasteiger partial charge on any atom is -0.493 e. The zero-order valence-electron chi connectivity index (χ0n) is 20.0. The molecule has 3 aromatic carbocycles. The molecule has 0 heterocycles. The van der Waals surface area contributed by atoms with Crippen molar-refractivity contribution in [3.63, 3.8) is 0 Å². The maximum absolute atomic E-state index is 12.7. The Morgan fingerprint density at radius 1 is 1.03 bits per heavy atom. The number of carbonyl (C=O) groups excluding carboxylic acids is 1. The van der Waals surface area contributed by atoms with Crippen LogP contribution in [0.4, 0.5) is 5.69 Å². The molecule has 0 aromatic heterocycles. The van der Waals surface area contributed by atoms with Crippen LogP contribution in [-0.2, 0) is 11.4 Å². The Kier molecular flexibility index (Phi) is 8.35. The van der Waals surface area contributed by atoms with Crippen molar-refractivity contribution >= 4 is 40.3 Å². The van der Waals surface area contributed by atoms with E-state index in [2.05, 4.69) is 53.9 Å². The predicted molar refractivity (Wildman–Crippen MR) is 144 cm³/mol. The van der Waals surface area contributed by atoms with Gasteiger partial charge in [0.2, 0.25) is 0 Å². The highest BCUT2D eigenvalue weighted by Gasteiger charge is 2.15. The number of rotatable bonds is 7. The zero-order chi connectivity index (χ0) is 24.8. The zero-order valence-corrected chi connectivity index (χ0v) is 22.1. The Balaban J connectivity index is 1.83. The van der Waals surface area contributed by atoms with Gasteiger partial charge in [0.25, 0.3) is 5.91 Å². The van der Waals surface area contributed by atoms with Gasteiger partial charge in [-0.25, -0.2) is 0 Å². The van der Waals surface area contributed by atoms with Gasteiger partial charge in [0.05, 0.1) is 10.7 Å². The summed E-state index contributed by atoms with van der Waals surface area (Å²) in [6.07, 6.45) is 1.55. The quantitative estimate of drug-likeness (QED) is 0.197. The van der Waals surface area contributed by atoms with Gasteiger partial charge in [-0.15, -0.1) is 0 Å². The fourth-order valence-electron chi connectivity index (χ4n) is 3.47. The lowest BCUT2D eigenvalue weighted by Gasteiger charge is -2.14. The summed E-state index contributed by atoms with van der Waals surface area (Å²) in [7, 11) is 1.57. The monoisotopic (exact) mass is 566 g/mol. The number of nitrogens with one attached hydrogen (secondary N) is 1. The number of hydrogen-bond donors (Lipinski definition) is 1. The highest BCUT2D eigenvalue weighted by atomic mass is 127. The van der Waals surface area contributed by atoms with Gasteiger partial charge in [-0.2, -0.15) is 5.26 Å². The van der Waals surface area contributed by atoms with Crippen molar-refractivity contribution in [2.45, 2.75) is 34.3 Å². The number of methoxy groups -OCH3 is 1. The fraction of sp³-hybridized carbons (Fsp3) is 0.214. The summed E-state index contributed by atoms with van der Waals surface area (Å²) in [6, 6.07) is 17.6. The first-order valence-corrected chi connectivity index (χ1v) is 11.9. The molecule has 3 aromatic rings. The largest absolute Gasteiger partial charge is 0.493 e. The Hall–Kier alpha value is -3.31. The molecule has 174 valence electrons.